The summed E-state index contributed by atoms with van der Waals surface area (Å²) in [4.78, 5) is 23.8. The quantitative estimate of drug-likeness (QED) is 0.558. The van der Waals surface area contributed by atoms with E-state index in [1.54, 1.807) is 0 Å². The molecule has 4 nitrogen and oxygen atoms in total. The molecule has 5 atom stereocenters. The molecule has 0 heterocycles. The summed E-state index contributed by atoms with van der Waals surface area (Å²) in [6.07, 6.45) is 5.73. The van der Waals surface area contributed by atoms with Crippen LogP contribution in [-0.2, 0) is 9.59 Å². The number of fused-ring (bicyclic) bond motifs is 2. The molecule has 112 valence electrons. The molecule has 0 aromatic carbocycles. The lowest BCUT2D eigenvalue weighted by atomic mass is 9.82. The number of aliphatic carboxylic acids is 1. The van der Waals surface area contributed by atoms with Gasteiger partial charge >= 0.3 is 5.97 Å². The third kappa shape index (κ3) is 3.19. The van der Waals surface area contributed by atoms with Crippen LogP contribution >= 0.6 is 11.8 Å². The Morgan fingerprint density at radius 3 is 2.60 bits per heavy atom. The predicted molar refractivity (Wildman–Crippen MR) is 80.6 cm³/mol. The van der Waals surface area contributed by atoms with Crippen LogP contribution in [0.5, 0.6) is 0 Å². The second-order valence-electron chi connectivity index (χ2n) is 5.73. The third-order valence-electron chi connectivity index (χ3n) is 4.34. The highest BCUT2D eigenvalue weighted by Crippen LogP contribution is 2.48. The molecule has 2 rings (SSSR count). The first-order chi connectivity index (χ1) is 9.54. The Hall–Kier alpha value is -0.970. The van der Waals surface area contributed by atoms with E-state index in [1.807, 2.05) is 30.8 Å². The SMILES string of the molecule is CCSCCC(C)NC(=O)C1C2C=CC(C2)C1C(=O)O. The van der Waals surface area contributed by atoms with Crippen molar-refractivity contribution in [3.8, 4) is 0 Å². The number of allylic oxidation sites excluding steroid dienone is 2. The molecule has 0 saturated heterocycles. The number of rotatable bonds is 7. The largest absolute Gasteiger partial charge is 0.481 e. The van der Waals surface area contributed by atoms with Crippen molar-refractivity contribution < 1.29 is 14.7 Å². The fourth-order valence-electron chi connectivity index (χ4n) is 3.33. The Kier molecular flexibility index (Phi) is 5.13. The summed E-state index contributed by atoms with van der Waals surface area (Å²) in [5.74, 6) is 0.415. The molecule has 1 fully saturated rings. The van der Waals surface area contributed by atoms with Gasteiger partial charge < -0.3 is 10.4 Å². The standard InChI is InChI=1S/C15H23NO3S/c1-3-20-7-6-9(2)16-14(17)12-10-4-5-11(8-10)13(12)15(18)19/h4-5,9-13H,3,6-8H2,1-2H3,(H,16,17)(H,18,19). The number of hydrogen-bond donors (Lipinski definition) is 2. The molecule has 5 heteroatoms. The zero-order chi connectivity index (χ0) is 14.7. The molecule has 2 aliphatic rings. The monoisotopic (exact) mass is 297 g/mol. The minimum atomic E-state index is -0.837. The molecule has 1 amide bonds. The summed E-state index contributed by atoms with van der Waals surface area (Å²) in [5, 5.41) is 12.3. The highest BCUT2D eigenvalue weighted by atomic mass is 32.2. The van der Waals surface area contributed by atoms with E-state index in [2.05, 4.69) is 12.2 Å². The highest BCUT2D eigenvalue weighted by molar-refractivity contribution is 7.99. The van der Waals surface area contributed by atoms with E-state index >= 15 is 0 Å². The van der Waals surface area contributed by atoms with E-state index in [4.69, 9.17) is 0 Å². The molecule has 1 saturated carbocycles. The first kappa shape index (κ1) is 15.4. The number of nitrogens with one attached hydrogen (secondary N) is 1. The van der Waals surface area contributed by atoms with Crippen LogP contribution in [0.3, 0.4) is 0 Å². The molecule has 20 heavy (non-hydrogen) atoms. The van der Waals surface area contributed by atoms with Crippen LogP contribution in [-0.4, -0.2) is 34.5 Å². The Bertz CT molecular complexity index is 410. The van der Waals surface area contributed by atoms with Crippen LogP contribution in [0.2, 0.25) is 0 Å². The van der Waals surface area contributed by atoms with Crippen LogP contribution in [0.25, 0.3) is 0 Å². The zero-order valence-corrected chi connectivity index (χ0v) is 12.9. The molecular formula is C15H23NO3S. The van der Waals surface area contributed by atoms with Gasteiger partial charge in [-0.25, -0.2) is 0 Å². The van der Waals surface area contributed by atoms with Crippen LogP contribution in [0, 0.1) is 23.7 Å². The summed E-state index contributed by atoms with van der Waals surface area (Å²) in [6, 6.07) is 0.110. The van der Waals surface area contributed by atoms with Crippen molar-refractivity contribution in [2.75, 3.05) is 11.5 Å². The molecule has 0 aromatic rings. The molecular weight excluding hydrogens is 274 g/mol. The Morgan fingerprint density at radius 2 is 2.00 bits per heavy atom. The molecule has 0 radical (unpaired) electrons. The van der Waals surface area contributed by atoms with Gasteiger partial charge in [-0.05, 0) is 43.1 Å². The average molecular weight is 297 g/mol. The summed E-state index contributed by atoms with van der Waals surface area (Å²) >= 11 is 1.86. The molecule has 5 unspecified atom stereocenters. The van der Waals surface area contributed by atoms with Gasteiger partial charge in [-0.2, -0.15) is 11.8 Å². The zero-order valence-electron chi connectivity index (χ0n) is 12.0. The third-order valence-corrected chi connectivity index (χ3v) is 5.27. The van der Waals surface area contributed by atoms with Crippen molar-refractivity contribution >= 4 is 23.6 Å². The minimum Gasteiger partial charge on any atom is -0.481 e. The number of carboxylic acid groups (broad SMARTS) is 1. The number of carbonyl (C=O) groups excluding carboxylic acids is 1. The Balaban J connectivity index is 1.91. The summed E-state index contributed by atoms with van der Waals surface area (Å²) < 4.78 is 0. The molecule has 0 aliphatic heterocycles. The molecule has 2 aliphatic carbocycles. The highest BCUT2D eigenvalue weighted by Gasteiger charge is 2.51. The molecule has 2 bridgehead atoms. The lowest BCUT2D eigenvalue weighted by molar-refractivity contribution is -0.148. The van der Waals surface area contributed by atoms with Gasteiger partial charge in [0, 0.05) is 6.04 Å². The van der Waals surface area contributed by atoms with E-state index in [-0.39, 0.29) is 29.7 Å². The number of thioether (sulfide) groups is 1. The van der Waals surface area contributed by atoms with Gasteiger partial charge in [0.2, 0.25) is 5.91 Å². The average Bonchev–Trinajstić information content (AvgIpc) is 2.98. The number of amides is 1. The maximum atomic E-state index is 12.4. The Morgan fingerprint density at radius 1 is 1.35 bits per heavy atom. The first-order valence-electron chi connectivity index (χ1n) is 7.33. The van der Waals surface area contributed by atoms with Crippen molar-refractivity contribution in [2.45, 2.75) is 32.7 Å². The lowest BCUT2D eigenvalue weighted by Gasteiger charge is -2.25. The van der Waals surface area contributed by atoms with Crippen LogP contribution in [0.15, 0.2) is 12.2 Å². The van der Waals surface area contributed by atoms with Crippen molar-refractivity contribution in [2.24, 2.45) is 23.7 Å². The van der Waals surface area contributed by atoms with E-state index in [0.29, 0.717) is 0 Å². The van der Waals surface area contributed by atoms with Gasteiger partial charge in [0.05, 0.1) is 11.8 Å². The number of carbonyl (C=O) groups is 2. The van der Waals surface area contributed by atoms with E-state index in [0.717, 1.165) is 24.3 Å². The predicted octanol–water partition coefficient (Wildman–Crippen LogP) is 2.16. The van der Waals surface area contributed by atoms with Gasteiger partial charge in [0.25, 0.3) is 0 Å². The van der Waals surface area contributed by atoms with E-state index in [1.165, 1.54) is 0 Å². The van der Waals surface area contributed by atoms with Crippen molar-refractivity contribution in [3.05, 3.63) is 12.2 Å². The Labute approximate surface area is 124 Å². The van der Waals surface area contributed by atoms with Gasteiger partial charge in [-0.3, -0.25) is 9.59 Å². The second-order valence-corrected chi connectivity index (χ2v) is 7.13. The van der Waals surface area contributed by atoms with Crippen LogP contribution in [0.1, 0.15) is 26.7 Å². The van der Waals surface area contributed by atoms with Crippen LogP contribution in [0.4, 0.5) is 0 Å². The lowest BCUT2D eigenvalue weighted by Crippen LogP contribution is -2.43. The fourth-order valence-corrected chi connectivity index (χ4v) is 4.14. The molecule has 0 spiro atoms. The van der Waals surface area contributed by atoms with Crippen molar-refractivity contribution in [1.29, 1.82) is 0 Å². The van der Waals surface area contributed by atoms with Gasteiger partial charge in [0.1, 0.15) is 0 Å². The molecule has 0 aromatic heterocycles. The van der Waals surface area contributed by atoms with Crippen molar-refractivity contribution in [1.82, 2.24) is 5.32 Å². The molecule has 2 N–H and O–H groups in total. The topological polar surface area (TPSA) is 66.4 Å². The van der Waals surface area contributed by atoms with E-state index < -0.39 is 11.9 Å². The second kappa shape index (κ2) is 6.66. The first-order valence-corrected chi connectivity index (χ1v) is 8.49. The number of hydrogen-bond acceptors (Lipinski definition) is 3. The summed E-state index contributed by atoms with van der Waals surface area (Å²) in [5.41, 5.74) is 0. The van der Waals surface area contributed by atoms with Gasteiger partial charge in [-0.1, -0.05) is 19.1 Å². The van der Waals surface area contributed by atoms with E-state index in [9.17, 15) is 14.7 Å². The van der Waals surface area contributed by atoms with Crippen molar-refractivity contribution in [3.63, 3.8) is 0 Å². The van der Waals surface area contributed by atoms with Crippen LogP contribution < -0.4 is 5.32 Å². The van der Waals surface area contributed by atoms with Gasteiger partial charge in [0.15, 0.2) is 0 Å². The minimum absolute atomic E-state index is 0.0409. The summed E-state index contributed by atoms with van der Waals surface area (Å²) in [7, 11) is 0. The normalized spacial score (nSPS) is 32.3. The van der Waals surface area contributed by atoms with Gasteiger partial charge in [-0.15, -0.1) is 0 Å². The maximum absolute atomic E-state index is 12.4. The maximum Gasteiger partial charge on any atom is 0.307 e. The fraction of sp³-hybridized carbons (Fsp3) is 0.733. The number of carboxylic acids is 1. The summed E-state index contributed by atoms with van der Waals surface area (Å²) in [6.45, 7) is 4.11. The smallest absolute Gasteiger partial charge is 0.307 e.